The highest BCUT2D eigenvalue weighted by atomic mass is 16.6. The topological polar surface area (TPSA) is 60.5 Å². The van der Waals surface area contributed by atoms with Gasteiger partial charge in [0.2, 0.25) is 0 Å². The highest BCUT2D eigenvalue weighted by Gasteiger charge is 2.21. The Kier molecular flexibility index (Phi) is 3.42. The number of ether oxygens (including phenoxy) is 1. The maximum Gasteiger partial charge on any atom is 0.293 e. The zero-order chi connectivity index (χ0) is 14.1. The molecular formula is C14H17N3O3. The molecule has 0 spiro atoms. The molecule has 6 nitrogen and oxygen atoms in total. The summed E-state index contributed by atoms with van der Waals surface area (Å²) in [6.45, 7) is 3.13. The number of likely N-dealkylation sites (N-methyl/N-ethyl adjacent to an activating group) is 1. The highest BCUT2D eigenvalue weighted by molar-refractivity contribution is 5.88. The summed E-state index contributed by atoms with van der Waals surface area (Å²) in [5.74, 6) is 0. The zero-order valence-electron chi connectivity index (χ0n) is 11.4. The van der Waals surface area contributed by atoms with E-state index in [-0.39, 0.29) is 16.7 Å². The van der Waals surface area contributed by atoms with Crippen molar-refractivity contribution < 1.29 is 9.66 Å². The second-order valence-corrected chi connectivity index (χ2v) is 5.20. The second kappa shape index (κ2) is 5.22. The normalized spacial score (nSPS) is 20.4. The summed E-state index contributed by atoms with van der Waals surface area (Å²) in [6.07, 6.45) is 1.97. The van der Waals surface area contributed by atoms with Crippen LogP contribution in [-0.2, 0) is 11.3 Å². The van der Waals surface area contributed by atoms with E-state index in [1.54, 1.807) is 12.1 Å². The first-order valence-corrected chi connectivity index (χ1v) is 6.67. The fourth-order valence-electron chi connectivity index (χ4n) is 2.74. The summed E-state index contributed by atoms with van der Waals surface area (Å²) in [7, 11) is 2.06. The van der Waals surface area contributed by atoms with E-state index in [0.29, 0.717) is 18.7 Å². The van der Waals surface area contributed by atoms with E-state index in [4.69, 9.17) is 4.74 Å². The number of non-ortho nitro benzene ring substituents is 1. The van der Waals surface area contributed by atoms with Gasteiger partial charge < -0.3 is 14.2 Å². The molecule has 20 heavy (non-hydrogen) atoms. The standard InChI is InChI=1S/C14H17N3O3/c1-15-7-8-20-12(9-15)10-16-6-5-11-3-2-4-13(14(11)16)17(18)19/h2-6,12H,7-10H2,1H3. The van der Waals surface area contributed by atoms with E-state index >= 15 is 0 Å². The van der Waals surface area contributed by atoms with Crippen LogP contribution in [0.3, 0.4) is 0 Å². The molecule has 1 aliphatic heterocycles. The van der Waals surface area contributed by atoms with Crippen LogP contribution >= 0.6 is 0 Å². The molecule has 2 heterocycles. The Labute approximate surface area is 116 Å². The van der Waals surface area contributed by atoms with Crippen molar-refractivity contribution in [1.29, 1.82) is 0 Å². The molecule has 106 valence electrons. The lowest BCUT2D eigenvalue weighted by molar-refractivity contribution is -0.383. The van der Waals surface area contributed by atoms with Crippen LogP contribution in [0.4, 0.5) is 5.69 Å². The molecular weight excluding hydrogens is 258 g/mol. The molecule has 1 atom stereocenters. The molecule has 0 amide bonds. The first-order chi connectivity index (χ1) is 9.65. The van der Waals surface area contributed by atoms with Gasteiger partial charge in [-0.3, -0.25) is 10.1 Å². The Morgan fingerprint density at radius 2 is 2.30 bits per heavy atom. The molecule has 1 unspecified atom stereocenters. The maximum atomic E-state index is 11.2. The quantitative estimate of drug-likeness (QED) is 0.634. The van der Waals surface area contributed by atoms with Crippen molar-refractivity contribution in [2.24, 2.45) is 0 Å². The molecule has 0 N–H and O–H groups in total. The fourth-order valence-corrected chi connectivity index (χ4v) is 2.74. The molecule has 0 aliphatic carbocycles. The lowest BCUT2D eigenvalue weighted by Crippen LogP contribution is -2.41. The number of hydrogen-bond donors (Lipinski definition) is 0. The Morgan fingerprint density at radius 1 is 1.45 bits per heavy atom. The molecule has 2 aromatic rings. The number of hydrogen-bond acceptors (Lipinski definition) is 4. The van der Waals surface area contributed by atoms with Crippen LogP contribution in [0.25, 0.3) is 10.9 Å². The van der Waals surface area contributed by atoms with Gasteiger partial charge >= 0.3 is 0 Å². The van der Waals surface area contributed by atoms with Gasteiger partial charge in [0.25, 0.3) is 5.69 Å². The average Bonchev–Trinajstić information content (AvgIpc) is 2.82. The van der Waals surface area contributed by atoms with Gasteiger partial charge in [-0.25, -0.2) is 0 Å². The van der Waals surface area contributed by atoms with Crippen LogP contribution in [0, 0.1) is 10.1 Å². The first-order valence-electron chi connectivity index (χ1n) is 6.67. The Bertz CT molecular complexity index is 638. The molecule has 1 saturated heterocycles. The van der Waals surface area contributed by atoms with E-state index in [1.807, 2.05) is 22.9 Å². The third-order valence-corrected chi connectivity index (χ3v) is 3.71. The van der Waals surface area contributed by atoms with Crippen LogP contribution < -0.4 is 0 Å². The number of nitro benzene ring substituents is 1. The van der Waals surface area contributed by atoms with Crippen LogP contribution in [-0.4, -0.2) is 47.2 Å². The van der Waals surface area contributed by atoms with Crippen LogP contribution in [0.2, 0.25) is 0 Å². The first kappa shape index (κ1) is 13.1. The Hall–Kier alpha value is -1.92. The average molecular weight is 275 g/mol. The number of fused-ring (bicyclic) bond motifs is 1. The minimum absolute atomic E-state index is 0.0733. The Morgan fingerprint density at radius 3 is 3.05 bits per heavy atom. The van der Waals surface area contributed by atoms with Crippen molar-refractivity contribution in [3.63, 3.8) is 0 Å². The number of benzene rings is 1. The van der Waals surface area contributed by atoms with Gasteiger partial charge in [0.15, 0.2) is 0 Å². The summed E-state index contributed by atoms with van der Waals surface area (Å²) in [6, 6.07) is 7.07. The molecule has 0 radical (unpaired) electrons. The van der Waals surface area contributed by atoms with E-state index in [2.05, 4.69) is 11.9 Å². The maximum absolute atomic E-state index is 11.2. The van der Waals surface area contributed by atoms with Gasteiger partial charge in [0.05, 0.1) is 24.2 Å². The SMILES string of the molecule is CN1CCOC(Cn2ccc3cccc([N+](=O)[O-])c32)C1. The molecule has 0 bridgehead atoms. The van der Waals surface area contributed by atoms with Crippen LogP contribution in [0.1, 0.15) is 0 Å². The van der Waals surface area contributed by atoms with Gasteiger partial charge in [0, 0.05) is 30.7 Å². The minimum atomic E-state index is -0.327. The highest BCUT2D eigenvalue weighted by Crippen LogP contribution is 2.27. The van der Waals surface area contributed by atoms with Crippen molar-refractivity contribution in [3.05, 3.63) is 40.6 Å². The molecule has 1 aromatic carbocycles. The molecule has 1 aliphatic rings. The number of morpholine rings is 1. The van der Waals surface area contributed by atoms with Gasteiger partial charge in [0.1, 0.15) is 5.52 Å². The summed E-state index contributed by atoms with van der Waals surface area (Å²) in [5, 5.41) is 12.1. The monoisotopic (exact) mass is 275 g/mol. The van der Waals surface area contributed by atoms with E-state index in [1.165, 1.54) is 0 Å². The molecule has 0 saturated carbocycles. The van der Waals surface area contributed by atoms with Gasteiger partial charge in [-0.15, -0.1) is 0 Å². The second-order valence-electron chi connectivity index (χ2n) is 5.20. The van der Waals surface area contributed by atoms with Crippen molar-refractivity contribution in [2.45, 2.75) is 12.6 Å². The van der Waals surface area contributed by atoms with Gasteiger partial charge in [-0.05, 0) is 13.1 Å². The third-order valence-electron chi connectivity index (χ3n) is 3.71. The summed E-state index contributed by atoms with van der Waals surface area (Å²) in [5.41, 5.74) is 0.825. The number of aromatic nitrogens is 1. The molecule has 3 rings (SSSR count). The molecule has 1 fully saturated rings. The molecule has 6 heteroatoms. The summed E-state index contributed by atoms with van der Waals surface area (Å²) < 4.78 is 7.67. The van der Waals surface area contributed by atoms with Crippen molar-refractivity contribution in [1.82, 2.24) is 9.47 Å². The van der Waals surface area contributed by atoms with E-state index in [9.17, 15) is 10.1 Å². The van der Waals surface area contributed by atoms with Crippen molar-refractivity contribution in [3.8, 4) is 0 Å². The molecule has 1 aromatic heterocycles. The van der Waals surface area contributed by atoms with Gasteiger partial charge in [-0.2, -0.15) is 0 Å². The largest absolute Gasteiger partial charge is 0.374 e. The number of nitrogens with zero attached hydrogens (tertiary/aromatic N) is 3. The van der Waals surface area contributed by atoms with Crippen molar-refractivity contribution in [2.75, 3.05) is 26.7 Å². The fraction of sp³-hybridized carbons (Fsp3) is 0.429. The Balaban J connectivity index is 1.93. The van der Waals surface area contributed by atoms with Crippen molar-refractivity contribution >= 4 is 16.6 Å². The summed E-state index contributed by atoms with van der Waals surface area (Å²) in [4.78, 5) is 13.1. The number of nitro groups is 1. The number of para-hydroxylation sites is 1. The zero-order valence-corrected chi connectivity index (χ0v) is 11.4. The summed E-state index contributed by atoms with van der Waals surface area (Å²) >= 11 is 0. The number of rotatable bonds is 3. The van der Waals surface area contributed by atoms with E-state index < -0.39 is 0 Å². The third kappa shape index (κ3) is 2.39. The van der Waals surface area contributed by atoms with E-state index in [0.717, 1.165) is 18.5 Å². The lowest BCUT2D eigenvalue weighted by Gasteiger charge is -2.30. The van der Waals surface area contributed by atoms with Gasteiger partial charge in [-0.1, -0.05) is 12.1 Å². The van der Waals surface area contributed by atoms with Crippen LogP contribution in [0.5, 0.6) is 0 Å². The lowest BCUT2D eigenvalue weighted by atomic mass is 10.2. The van der Waals surface area contributed by atoms with Crippen LogP contribution in [0.15, 0.2) is 30.5 Å². The predicted molar refractivity (Wildman–Crippen MR) is 75.8 cm³/mol. The smallest absolute Gasteiger partial charge is 0.293 e. The minimum Gasteiger partial charge on any atom is -0.374 e. The predicted octanol–water partition coefficient (Wildman–Crippen LogP) is 1.88.